The Morgan fingerprint density at radius 2 is 1.97 bits per heavy atom. The van der Waals surface area contributed by atoms with E-state index >= 15 is 0 Å². The van der Waals surface area contributed by atoms with Gasteiger partial charge in [0.05, 0.1) is 24.1 Å². The van der Waals surface area contributed by atoms with Gasteiger partial charge in [0, 0.05) is 0 Å². The number of nitrogens with one attached hydrogen (secondary N) is 1. The first kappa shape index (κ1) is 19.5. The quantitative estimate of drug-likeness (QED) is 0.694. The van der Waals surface area contributed by atoms with Crippen molar-refractivity contribution in [3.05, 3.63) is 53.2 Å². The molecular weight excluding hydrogens is 409 g/mol. The van der Waals surface area contributed by atoms with Crippen LogP contribution >= 0.6 is 0 Å². The van der Waals surface area contributed by atoms with E-state index < -0.39 is 42.8 Å². The molecule has 2 amide bonds. The van der Waals surface area contributed by atoms with Crippen molar-refractivity contribution in [2.45, 2.75) is 25.2 Å². The van der Waals surface area contributed by atoms with Crippen LogP contribution in [0.3, 0.4) is 0 Å². The SMILES string of the molecule is O=C1C[C@H](C(F)(F)F)N(C(=O)Cn2nc(-c3ccco3)oc2=O)c2ccccc2N1. The molecule has 0 saturated heterocycles. The highest BCUT2D eigenvalue weighted by atomic mass is 19.4. The van der Waals surface area contributed by atoms with Gasteiger partial charge < -0.3 is 14.2 Å². The second kappa shape index (κ2) is 7.21. The first-order valence-electron chi connectivity index (χ1n) is 8.63. The fourth-order valence-electron chi connectivity index (χ4n) is 3.11. The Balaban J connectivity index is 1.72. The number of alkyl halides is 3. The lowest BCUT2D eigenvalue weighted by Gasteiger charge is -2.31. The number of hydrogen-bond acceptors (Lipinski definition) is 6. The van der Waals surface area contributed by atoms with Crippen molar-refractivity contribution >= 4 is 23.2 Å². The Kier molecular flexibility index (Phi) is 4.68. The van der Waals surface area contributed by atoms with Crippen LogP contribution in [0, 0.1) is 0 Å². The smallest absolute Gasteiger partial charge is 0.437 e. The number of aromatic nitrogens is 2. The van der Waals surface area contributed by atoms with E-state index in [4.69, 9.17) is 8.83 Å². The summed E-state index contributed by atoms with van der Waals surface area (Å²) in [6.45, 7) is -0.835. The van der Waals surface area contributed by atoms with Crippen molar-refractivity contribution in [1.29, 1.82) is 0 Å². The summed E-state index contributed by atoms with van der Waals surface area (Å²) in [5.74, 6) is -3.14. The topological polar surface area (TPSA) is 111 Å². The van der Waals surface area contributed by atoms with Gasteiger partial charge in [-0.2, -0.15) is 17.9 Å². The van der Waals surface area contributed by atoms with Crippen molar-refractivity contribution in [2.24, 2.45) is 0 Å². The first-order valence-corrected chi connectivity index (χ1v) is 8.63. The van der Waals surface area contributed by atoms with Crippen LogP contribution in [0.25, 0.3) is 11.7 Å². The first-order chi connectivity index (χ1) is 14.2. The number of hydrogen-bond donors (Lipinski definition) is 1. The number of para-hydroxylation sites is 2. The van der Waals surface area contributed by atoms with Gasteiger partial charge in [0.2, 0.25) is 11.8 Å². The van der Waals surface area contributed by atoms with Gasteiger partial charge in [-0.3, -0.25) is 14.5 Å². The van der Waals surface area contributed by atoms with E-state index in [-0.39, 0.29) is 23.0 Å². The number of benzene rings is 1. The van der Waals surface area contributed by atoms with Crippen molar-refractivity contribution in [3.8, 4) is 11.7 Å². The van der Waals surface area contributed by atoms with Gasteiger partial charge >= 0.3 is 11.9 Å². The molecule has 2 aromatic heterocycles. The average Bonchev–Trinajstić information content (AvgIpc) is 3.28. The number of nitrogens with zero attached hydrogens (tertiary/aromatic N) is 3. The molecule has 0 saturated carbocycles. The Hall–Kier alpha value is -3.83. The van der Waals surface area contributed by atoms with Gasteiger partial charge in [-0.05, 0) is 24.3 Å². The molecule has 1 aromatic carbocycles. The maximum absolute atomic E-state index is 13.7. The molecule has 0 unspecified atom stereocenters. The molecular formula is C18H13F3N4O5. The van der Waals surface area contributed by atoms with E-state index in [1.165, 1.54) is 42.7 Å². The number of amides is 2. The molecule has 0 bridgehead atoms. The number of fused-ring (bicyclic) bond motifs is 1. The third-order valence-corrected chi connectivity index (χ3v) is 4.40. The highest BCUT2D eigenvalue weighted by Crippen LogP contribution is 2.37. The maximum Gasteiger partial charge on any atom is 0.437 e. The van der Waals surface area contributed by atoms with Gasteiger partial charge in [-0.15, -0.1) is 5.10 Å². The van der Waals surface area contributed by atoms with E-state index in [0.29, 0.717) is 9.58 Å². The number of carbonyl (C=O) groups excluding carboxylic acids is 2. The van der Waals surface area contributed by atoms with Crippen LogP contribution in [0.4, 0.5) is 24.5 Å². The molecule has 0 spiro atoms. The number of halogens is 3. The fraction of sp³-hybridized carbons (Fsp3) is 0.222. The van der Waals surface area contributed by atoms with Crippen LogP contribution in [0.2, 0.25) is 0 Å². The third kappa shape index (κ3) is 3.58. The minimum atomic E-state index is -4.89. The Bertz CT molecular complexity index is 1150. The summed E-state index contributed by atoms with van der Waals surface area (Å²) in [5, 5.41) is 6.16. The van der Waals surface area contributed by atoms with Gasteiger partial charge in [0.15, 0.2) is 5.76 Å². The maximum atomic E-state index is 13.7. The monoisotopic (exact) mass is 422 g/mol. The van der Waals surface area contributed by atoms with Gasteiger partial charge in [0.25, 0.3) is 5.89 Å². The summed E-state index contributed by atoms with van der Waals surface area (Å²) in [5.41, 5.74) is -0.0927. The van der Waals surface area contributed by atoms with Crippen molar-refractivity contribution in [2.75, 3.05) is 10.2 Å². The van der Waals surface area contributed by atoms with Crippen molar-refractivity contribution in [1.82, 2.24) is 9.78 Å². The summed E-state index contributed by atoms with van der Waals surface area (Å²) >= 11 is 0. The molecule has 1 atom stereocenters. The zero-order valence-electron chi connectivity index (χ0n) is 15.0. The van der Waals surface area contributed by atoms with Gasteiger partial charge in [-0.1, -0.05) is 12.1 Å². The number of anilines is 2. The van der Waals surface area contributed by atoms with Crippen LogP contribution in [-0.2, 0) is 16.1 Å². The molecule has 3 aromatic rings. The summed E-state index contributed by atoms with van der Waals surface area (Å²) in [6.07, 6.45) is -4.57. The van der Waals surface area contributed by atoms with Crippen LogP contribution < -0.4 is 16.0 Å². The molecule has 1 aliphatic heterocycles. The summed E-state index contributed by atoms with van der Waals surface area (Å²) in [4.78, 5) is 37.4. The van der Waals surface area contributed by atoms with E-state index in [9.17, 15) is 27.6 Å². The summed E-state index contributed by atoms with van der Waals surface area (Å²) in [6, 6.07) is 6.15. The summed E-state index contributed by atoms with van der Waals surface area (Å²) < 4.78 is 51.7. The van der Waals surface area contributed by atoms with E-state index in [0.717, 1.165) is 0 Å². The van der Waals surface area contributed by atoms with Crippen LogP contribution in [0.1, 0.15) is 6.42 Å². The number of rotatable bonds is 3. The molecule has 0 aliphatic carbocycles. The molecule has 3 heterocycles. The zero-order chi connectivity index (χ0) is 21.5. The standard InChI is InChI=1S/C18H13F3N4O5/c19-18(20,21)13-8-14(26)22-10-4-1-2-5-11(10)25(13)15(27)9-24-17(28)30-16(23-24)12-6-3-7-29-12/h1-7,13H,8-9H2,(H,22,26)/t13-/m1/s1. The molecule has 0 radical (unpaired) electrons. The largest absolute Gasteiger partial charge is 0.459 e. The lowest BCUT2D eigenvalue weighted by atomic mass is 10.1. The normalized spacial score (nSPS) is 16.7. The molecule has 1 aliphatic rings. The third-order valence-electron chi connectivity index (χ3n) is 4.40. The van der Waals surface area contributed by atoms with E-state index in [2.05, 4.69) is 10.4 Å². The van der Waals surface area contributed by atoms with Crippen LogP contribution in [-0.4, -0.2) is 33.8 Å². The van der Waals surface area contributed by atoms with Crippen LogP contribution in [0.15, 0.2) is 56.3 Å². The van der Waals surface area contributed by atoms with Crippen molar-refractivity contribution in [3.63, 3.8) is 0 Å². The number of furan rings is 1. The Morgan fingerprint density at radius 1 is 1.20 bits per heavy atom. The average molecular weight is 422 g/mol. The van der Waals surface area contributed by atoms with Gasteiger partial charge in [0.1, 0.15) is 12.6 Å². The fourth-order valence-corrected chi connectivity index (χ4v) is 3.11. The molecule has 12 heteroatoms. The van der Waals surface area contributed by atoms with Crippen LogP contribution in [0.5, 0.6) is 0 Å². The minimum Gasteiger partial charge on any atom is -0.459 e. The Morgan fingerprint density at radius 3 is 2.67 bits per heavy atom. The second-order valence-corrected chi connectivity index (χ2v) is 6.40. The lowest BCUT2D eigenvalue weighted by molar-refractivity contribution is -0.158. The lowest BCUT2D eigenvalue weighted by Crippen LogP contribution is -2.51. The minimum absolute atomic E-state index is 0.0476. The number of carbonyl (C=O) groups is 2. The van der Waals surface area contributed by atoms with E-state index in [1.54, 1.807) is 0 Å². The molecule has 30 heavy (non-hydrogen) atoms. The predicted molar refractivity (Wildman–Crippen MR) is 95.5 cm³/mol. The molecule has 156 valence electrons. The molecule has 4 rings (SSSR count). The predicted octanol–water partition coefficient (Wildman–Crippen LogP) is 2.40. The second-order valence-electron chi connectivity index (χ2n) is 6.40. The zero-order valence-corrected chi connectivity index (χ0v) is 15.0. The van der Waals surface area contributed by atoms with E-state index in [1.807, 2.05) is 0 Å². The molecule has 1 N–H and O–H groups in total. The summed E-state index contributed by atoms with van der Waals surface area (Å²) in [7, 11) is 0. The van der Waals surface area contributed by atoms with Gasteiger partial charge in [-0.25, -0.2) is 4.79 Å². The Labute approximate surface area is 165 Å². The highest BCUT2D eigenvalue weighted by Gasteiger charge is 2.49. The molecule has 9 nitrogen and oxygen atoms in total. The van der Waals surface area contributed by atoms with Crippen molar-refractivity contribution < 1.29 is 31.6 Å². The molecule has 0 fully saturated rings. The highest BCUT2D eigenvalue weighted by molar-refractivity contribution is 6.04.